The van der Waals surface area contributed by atoms with Crippen molar-refractivity contribution in [3.05, 3.63) is 36.5 Å². The van der Waals surface area contributed by atoms with Crippen LogP contribution in [0.15, 0.2) is 36.5 Å². The molecule has 1 saturated heterocycles. The molecular weight excluding hydrogens is 967 g/mol. The highest BCUT2D eigenvalue weighted by molar-refractivity contribution is 5.80. The Balaban J connectivity index is 2.53. The first-order chi connectivity index (χ1) is 37.7. The summed E-state index contributed by atoms with van der Waals surface area (Å²) >= 11 is 0. The van der Waals surface area contributed by atoms with Gasteiger partial charge in [0.25, 0.3) is 0 Å². The summed E-state index contributed by atoms with van der Waals surface area (Å²) in [5.74, 6) is -1.20. The second-order valence-corrected chi connectivity index (χ2v) is 22.8. The van der Waals surface area contributed by atoms with Gasteiger partial charge in [-0.3, -0.25) is 9.59 Å². The molecule has 0 aromatic rings. The second-order valence-electron chi connectivity index (χ2n) is 22.8. The van der Waals surface area contributed by atoms with Crippen LogP contribution in [0.1, 0.15) is 310 Å². The third kappa shape index (κ3) is 42.4. The van der Waals surface area contributed by atoms with Crippen LogP contribution in [0.5, 0.6) is 0 Å². The standard InChI is InChI=1S/C66H123NO10/c1-4-7-10-13-16-19-22-23-24-25-26-27-28-29-30-31-32-33-34-35-36-39-41-44-47-50-53-59(70)65(74)67-57(58(69)52-49-46-43-40-37-20-17-14-11-8-5-2)56-75-66-64(63(73)62(72)60(55-68)76-66)77-61(71)54-51-48-45-42-38-21-18-15-12-9-6-3/h15,18,23-24,49,52,57-60,62-64,66,68-70,72-73H,4-14,16-17,19-22,25-48,50-51,53-56H2,1-3H3,(H,67,74)/b18-15-,24-23+,52-49+. The summed E-state index contributed by atoms with van der Waals surface area (Å²) < 4.78 is 17.6. The molecule has 11 nitrogen and oxygen atoms in total. The molecule has 0 spiro atoms. The van der Waals surface area contributed by atoms with Gasteiger partial charge < -0.3 is 45.1 Å². The number of hydrogen-bond acceptors (Lipinski definition) is 10. The van der Waals surface area contributed by atoms with Crippen molar-refractivity contribution >= 4 is 11.9 Å². The third-order valence-electron chi connectivity index (χ3n) is 15.5. The molecular formula is C66H123NO10. The number of amides is 1. The molecule has 77 heavy (non-hydrogen) atoms. The molecule has 1 aliphatic heterocycles. The van der Waals surface area contributed by atoms with Crippen LogP contribution in [0.3, 0.4) is 0 Å². The quantitative estimate of drug-likeness (QED) is 0.0195. The second kappa shape index (κ2) is 54.5. The third-order valence-corrected chi connectivity index (χ3v) is 15.5. The average molecular weight is 1090 g/mol. The zero-order valence-electron chi connectivity index (χ0n) is 50.1. The van der Waals surface area contributed by atoms with Gasteiger partial charge >= 0.3 is 5.97 Å². The first-order valence-electron chi connectivity index (χ1n) is 32.8. The van der Waals surface area contributed by atoms with Crippen LogP contribution in [0.25, 0.3) is 0 Å². The Kier molecular flexibility index (Phi) is 51.6. The number of nitrogens with one attached hydrogen (secondary N) is 1. The minimum absolute atomic E-state index is 0.115. The molecule has 0 aromatic heterocycles. The van der Waals surface area contributed by atoms with Gasteiger partial charge in [0, 0.05) is 6.42 Å². The summed E-state index contributed by atoms with van der Waals surface area (Å²) in [7, 11) is 0. The smallest absolute Gasteiger partial charge is 0.306 e. The molecule has 1 heterocycles. The molecule has 8 unspecified atom stereocenters. The fourth-order valence-corrected chi connectivity index (χ4v) is 10.3. The molecule has 0 aliphatic carbocycles. The molecule has 1 aliphatic rings. The molecule has 6 N–H and O–H groups in total. The number of esters is 1. The van der Waals surface area contributed by atoms with E-state index >= 15 is 0 Å². The Morgan fingerprint density at radius 3 is 1.30 bits per heavy atom. The van der Waals surface area contributed by atoms with Crippen LogP contribution in [0, 0.1) is 0 Å². The van der Waals surface area contributed by atoms with Gasteiger partial charge in [-0.1, -0.05) is 269 Å². The molecule has 0 aromatic carbocycles. The van der Waals surface area contributed by atoms with Crippen molar-refractivity contribution in [2.45, 2.75) is 359 Å². The Morgan fingerprint density at radius 2 is 0.870 bits per heavy atom. The molecule has 11 heteroatoms. The van der Waals surface area contributed by atoms with Crippen molar-refractivity contribution < 1.29 is 49.3 Å². The number of unbranched alkanes of at least 4 members (excludes halogenated alkanes) is 38. The Bertz CT molecular complexity index is 1390. The molecule has 452 valence electrons. The van der Waals surface area contributed by atoms with E-state index in [0.717, 1.165) is 77.0 Å². The SMILES string of the molecule is CCCC/C=C\CCCCCCCC(=O)OC1C(OCC(NC(=O)C(O)CCCCCCCCCCCCCCCCCC/C=C/CCCCCCCC)C(O)/C=C/CCCCCCCCCCC)OC(CO)C(O)C1O. The number of rotatable bonds is 56. The summed E-state index contributed by atoms with van der Waals surface area (Å²) in [6, 6.07) is -1.02. The van der Waals surface area contributed by atoms with Crippen LogP contribution in [-0.2, 0) is 23.8 Å². The van der Waals surface area contributed by atoms with Crippen LogP contribution in [0.2, 0.25) is 0 Å². The van der Waals surface area contributed by atoms with Gasteiger partial charge in [-0.15, -0.1) is 0 Å². The van der Waals surface area contributed by atoms with Crippen molar-refractivity contribution in [3.63, 3.8) is 0 Å². The van der Waals surface area contributed by atoms with E-state index in [4.69, 9.17) is 14.2 Å². The zero-order chi connectivity index (χ0) is 56.1. The maximum atomic E-state index is 13.4. The predicted molar refractivity (Wildman–Crippen MR) is 320 cm³/mol. The average Bonchev–Trinajstić information content (AvgIpc) is 3.43. The van der Waals surface area contributed by atoms with Gasteiger partial charge in [0.05, 0.1) is 25.4 Å². The van der Waals surface area contributed by atoms with E-state index < -0.39 is 67.4 Å². The predicted octanol–water partition coefficient (Wildman–Crippen LogP) is 15.8. The highest BCUT2D eigenvalue weighted by Gasteiger charge is 2.47. The zero-order valence-corrected chi connectivity index (χ0v) is 50.1. The molecule has 0 saturated carbocycles. The lowest BCUT2D eigenvalue weighted by Crippen LogP contribution is -2.61. The topological polar surface area (TPSA) is 175 Å². The molecule has 1 fully saturated rings. The van der Waals surface area contributed by atoms with Gasteiger partial charge in [-0.05, 0) is 70.6 Å². The summed E-state index contributed by atoms with van der Waals surface area (Å²) in [6.45, 7) is 5.75. The number of ether oxygens (including phenoxy) is 3. The van der Waals surface area contributed by atoms with Crippen molar-refractivity contribution in [2.75, 3.05) is 13.2 Å². The number of aliphatic hydroxyl groups excluding tert-OH is 5. The summed E-state index contributed by atoms with van der Waals surface area (Å²) in [5, 5.41) is 56.9. The minimum Gasteiger partial charge on any atom is -0.454 e. The van der Waals surface area contributed by atoms with E-state index in [1.165, 1.54) is 186 Å². The van der Waals surface area contributed by atoms with E-state index in [2.05, 4.69) is 50.4 Å². The van der Waals surface area contributed by atoms with Crippen molar-refractivity contribution in [3.8, 4) is 0 Å². The number of carbonyl (C=O) groups is 2. The summed E-state index contributed by atoms with van der Waals surface area (Å²) in [5.41, 5.74) is 0. The lowest BCUT2D eigenvalue weighted by Gasteiger charge is -2.41. The van der Waals surface area contributed by atoms with Crippen molar-refractivity contribution in [1.29, 1.82) is 0 Å². The molecule has 0 radical (unpaired) electrons. The van der Waals surface area contributed by atoms with E-state index in [0.29, 0.717) is 19.3 Å². The Morgan fingerprint density at radius 1 is 0.494 bits per heavy atom. The highest BCUT2D eigenvalue weighted by atomic mass is 16.7. The molecule has 0 bridgehead atoms. The largest absolute Gasteiger partial charge is 0.454 e. The van der Waals surface area contributed by atoms with E-state index in [1.54, 1.807) is 6.08 Å². The molecule has 1 amide bonds. The van der Waals surface area contributed by atoms with E-state index in [1.807, 2.05) is 6.08 Å². The number of aliphatic hydroxyl groups is 5. The lowest BCUT2D eigenvalue weighted by atomic mass is 9.99. The van der Waals surface area contributed by atoms with Gasteiger partial charge in [-0.2, -0.15) is 0 Å². The van der Waals surface area contributed by atoms with Crippen LogP contribution in [-0.4, -0.2) is 99.6 Å². The fraction of sp³-hybridized carbons (Fsp3) is 0.879. The van der Waals surface area contributed by atoms with Crippen LogP contribution in [0.4, 0.5) is 0 Å². The maximum Gasteiger partial charge on any atom is 0.306 e. The monoisotopic (exact) mass is 1090 g/mol. The van der Waals surface area contributed by atoms with Crippen LogP contribution < -0.4 is 5.32 Å². The molecule has 1 rings (SSSR count). The lowest BCUT2D eigenvalue weighted by molar-refractivity contribution is -0.305. The summed E-state index contributed by atoms with van der Waals surface area (Å²) in [4.78, 5) is 26.5. The number of allylic oxidation sites excluding steroid dienone is 5. The van der Waals surface area contributed by atoms with Gasteiger partial charge in [0.1, 0.15) is 24.4 Å². The summed E-state index contributed by atoms with van der Waals surface area (Å²) in [6.07, 6.45) is 55.0. The Hall–Kier alpha value is -2.12. The fourth-order valence-electron chi connectivity index (χ4n) is 10.3. The van der Waals surface area contributed by atoms with Gasteiger partial charge in [0.15, 0.2) is 12.4 Å². The number of hydrogen-bond donors (Lipinski definition) is 6. The Labute approximate surface area is 473 Å². The van der Waals surface area contributed by atoms with Crippen molar-refractivity contribution in [2.24, 2.45) is 0 Å². The van der Waals surface area contributed by atoms with E-state index in [-0.39, 0.29) is 13.0 Å². The first-order valence-corrected chi connectivity index (χ1v) is 32.8. The maximum absolute atomic E-state index is 13.4. The van der Waals surface area contributed by atoms with Crippen molar-refractivity contribution in [1.82, 2.24) is 5.32 Å². The molecule has 8 atom stereocenters. The number of carbonyl (C=O) groups excluding carboxylic acids is 2. The minimum atomic E-state index is -1.61. The van der Waals surface area contributed by atoms with E-state index in [9.17, 15) is 35.1 Å². The van der Waals surface area contributed by atoms with Gasteiger partial charge in [0.2, 0.25) is 5.91 Å². The highest BCUT2D eigenvalue weighted by Crippen LogP contribution is 2.26. The first kappa shape index (κ1) is 72.9. The van der Waals surface area contributed by atoms with Gasteiger partial charge in [-0.25, -0.2) is 0 Å². The normalized spacial score (nSPS) is 19.2. The van der Waals surface area contributed by atoms with Crippen LogP contribution >= 0.6 is 0 Å².